The quantitative estimate of drug-likeness (QED) is 0.305. The average molecular weight is 580 g/mol. The summed E-state index contributed by atoms with van der Waals surface area (Å²) in [5.41, 5.74) is 2.83. The van der Waals surface area contributed by atoms with Crippen molar-refractivity contribution in [3.05, 3.63) is 89.5 Å². The van der Waals surface area contributed by atoms with Crippen LogP contribution < -0.4 is 14.4 Å². The van der Waals surface area contributed by atoms with E-state index in [0.717, 1.165) is 15.4 Å². The van der Waals surface area contributed by atoms with Gasteiger partial charge in [-0.1, -0.05) is 68.8 Å². The molecule has 41 heavy (non-hydrogen) atoms. The molecule has 0 spiro atoms. The average Bonchev–Trinajstić information content (AvgIpc) is 2.95. The number of nitrogens with one attached hydrogen (secondary N) is 1. The predicted molar refractivity (Wildman–Crippen MR) is 162 cm³/mol. The van der Waals surface area contributed by atoms with Gasteiger partial charge in [0.25, 0.3) is 10.0 Å². The first kappa shape index (κ1) is 31.7. The normalized spacial score (nSPS) is 12.1. The summed E-state index contributed by atoms with van der Waals surface area (Å²) in [7, 11) is -2.53. The molecule has 0 saturated heterocycles. The van der Waals surface area contributed by atoms with E-state index < -0.39 is 28.5 Å². The Morgan fingerprint density at radius 3 is 2.12 bits per heavy atom. The first-order chi connectivity index (χ1) is 19.5. The predicted octanol–water partition coefficient (Wildman–Crippen LogP) is 5.09. The molecular formula is C32H41N3O5S. The van der Waals surface area contributed by atoms with Gasteiger partial charge >= 0.3 is 0 Å². The third-order valence-corrected chi connectivity index (χ3v) is 8.63. The van der Waals surface area contributed by atoms with Gasteiger partial charge in [0.15, 0.2) is 0 Å². The van der Waals surface area contributed by atoms with Gasteiger partial charge in [0.2, 0.25) is 11.8 Å². The van der Waals surface area contributed by atoms with E-state index in [0.29, 0.717) is 30.0 Å². The van der Waals surface area contributed by atoms with E-state index >= 15 is 0 Å². The maximum Gasteiger partial charge on any atom is 0.264 e. The molecule has 1 N–H and O–H groups in total. The van der Waals surface area contributed by atoms with Crippen molar-refractivity contribution in [2.45, 2.75) is 58.5 Å². The van der Waals surface area contributed by atoms with Crippen LogP contribution in [-0.2, 0) is 26.2 Å². The van der Waals surface area contributed by atoms with Crippen LogP contribution in [0, 0.1) is 19.8 Å². The molecule has 0 aromatic heterocycles. The standard InChI is InChI=1S/C32H41N3O5S/c1-7-29(32(37)33-20-23(2)3)34(21-26-14-16-27(40-6)17-15-26)31(36)22-35(30-11-9-8-10-25(30)5)41(38,39)28-18-12-24(4)13-19-28/h8-19,23,29H,7,20-22H2,1-6H3,(H,33,37)/t29-/m0/s1. The summed E-state index contributed by atoms with van der Waals surface area (Å²) < 4.78 is 34.4. The molecule has 0 unspecified atom stereocenters. The van der Waals surface area contributed by atoms with Crippen LogP contribution in [0.3, 0.4) is 0 Å². The molecule has 1 atom stereocenters. The second-order valence-electron chi connectivity index (χ2n) is 10.5. The molecule has 0 saturated carbocycles. The van der Waals surface area contributed by atoms with E-state index in [1.165, 1.54) is 4.90 Å². The second kappa shape index (κ2) is 14.2. The maximum absolute atomic E-state index is 14.2. The van der Waals surface area contributed by atoms with Gasteiger partial charge < -0.3 is 15.0 Å². The lowest BCUT2D eigenvalue weighted by Crippen LogP contribution is -2.52. The molecule has 0 heterocycles. The first-order valence-corrected chi connectivity index (χ1v) is 15.3. The molecule has 0 bridgehead atoms. The van der Waals surface area contributed by atoms with Gasteiger partial charge in [-0.05, 0) is 67.6 Å². The van der Waals surface area contributed by atoms with Crippen molar-refractivity contribution in [1.82, 2.24) is 10.2 Å². The number of hydrogen-bond acceptors (Lipinski definition) is 5. The third-order valence-electron chi connectivity index (χ3n) is 6.85. The fourth-order valence-corrected chi connectivity index (χ4v) is 5.94. The fourth-order valence-electron chi connectivity index (χ4n) is 4.46. The molecule has 3 aromatic carbocycles. The molecule has 2 amide bonds. The summed E-state index contributed by atoms with van der Waals surface area (Å²) in [6.07, 6.45) is 0.362. The summed E-state index contributed by atoms with van der Waals surface area (Å²) >= 11 is 0. The van der Waals surface area contributed by atoms with Crippen LogP contribution in [-0.4, -0.2) is 51.4 Å². The highest BCUT2D eigenvalue weighted by atomic mass is 32.2. The number of carbonyl (C=O) groups is 2. The van der Waals surface area contributed by atoms with E-state index in [4.69, 9.17) is 4.74 Å². The van der Waals surface area contributed by atoms with Gasteiger partial charge in [-0.3, -0.25) is 13.9 Å². The topological polar surface area (TPSA) is 96.0 Å². The Morgan fingerprint density at radius 2 is 1.56 bits per heavy atom. The van der Waals surface area contributed by atoms with Crippen LogP contribution in [0.15, 0.2) is 77.7 Å². The van der Waals surface area contributed by atoms with E-state index in [1.54, 1.807) is 68.6 Å². The highest BCUT2D eigenvalue weighted by Gasteiger charge is 2.34. The lowest BCUT2D eigenvalue weighted by Gasteiger charge is -2.33. The minimum absolute atomic E-state index is 0.0857. The number of aryl methyl sites for hydroxylation is 2. The van der Waals surface area contributed by atoms with Gasteiger partial charge in [-0.15, -0.1) is 0 Å². The van der Waals surface area contributed by atoms with Crippen LogP contribution in [0.2, 0.25) is 0 Å². The smallest absolute Gasteiger partial charge is 0.264 e. The first-order valence-electron chi connectivity index (χ1n) is 13.8. The number of nitrogens with zero attached hydrogens (tertiary/aromatic N) is 2. The van der Waals surface area contributed by atoms with Crippen LogP contribution >= 0.6 is 0 Å². The molecule has 0 radical (unpaired) electrons. The number of carbonyl (C=O) groups excluding carboxylic acids is 2. The van der Waals surface area contributed by atoms with Crippen molar-refractivity contribution >= 4 is 27.5 Å². The van der Waals surface area contributed by atoms with E-state index in [-0.39, 0.29) is 23.3 Å². The number of anilines is 1. The molecule has 220 valence electrons. The summed E-state index contributed by atoms with van der Waals surface area (Å²) in [4.78, 5) is 29.0. The van der Waals surface area contributed by atoms with Crippen LogP contribution in [0.4, 0.5) is 5.69 Å². The number of methoxy groups -OCH3 is 1. The summed E-state index contributed by atoms with van der Waals surface area (Å²) in [5, 5.41) is 2.94. The molecule has 3 aromatic rings. The van der Waals surface area contributed by atoms with Gasteiger partial charge in [0, 0.05) is 13.1 Å². The Hall–Kier alpha value is -3.85. The molecule has 9 heteroatoms. The lowest BCUT2D eigenvalue weighted by molar-refractivity contribution is -0.140. The van der Waals surface area contributed by atoms with Gasteiger partial charge in [0.1, 0.15) is 18.3 Å². The van der Waals surface area contributed by atoms with Gasteiger partial charge in [-0.2, -0.15) is 0 Å². The minimum Gasteiger partial charge on any atom is -0.497 e. The zero-order valence-electron chi connectivity index (χ0n) is 24.8. The Balaban J connectivity index is 2.05. The van der Waals surface area contributed by atoms with Crippen LogP contribution in [0.25, 0.3) is 0 Å². The van der Waals surface area contributed by atoms with Crippen LogP contribution in [0.5, 0.6) is 5.75 Å². The molecule has 0 aliphatic carbocycles. The maximum atomic E-state index is 14.2. The van der Waals surface area contributed by atoms with E-state index in [9.17, 15) is 18.0 Å². The van der Waals surface area contributed by atoms with Crippen LogP contribution in [0.1, 0.15) is 43.9 Å². The number of sulfonamides is 1. The largest absolute Gasteiger partial charge is 0.497 e. The van der Waals surface area contributed by atoms with Gasteiger partial charge in [0.05, 0.1) is 17.7 Å². The fraction of sp³-hybridized carbons (Fsp3) is 0.375. The number of ether oxygens (including phenoxy) is 1. The highest BCUT2D eigenvalue weighted by Crippen LogP contribution is 2.28. The summed E-state index contributed by atoms with van der Waals surface area (Å²) in [6.45, 7) is 9.65. The summed E-state index contributed by atoms with van der Waals surface area (Å²) in [6, 6.07) is 20.1. The number of benzene rings is 3. The number of hydrogen-bond donors (Lipinski definition) is 1. The molecule has 0 aliphatic heterocycles. The van der Waals surface area contributed by atoms with E-state index in [2.05, 4.69) is 5.32 Å². The minimum atomic E-state index is -4.11. The highest BCUT2D eigenvalue weighted by molar-refractivity contribution is 7.92. The van der Waals surface area contributed by atoms with Gasteiger partial charge in [-0.25, -0.2) is 8.42 Å². The zero-order chi connectivity index (χ0) is 30.2. The number of amides is 2. The Kier molecular flexibility index (Phi) is 10.9. The third kappa shape index (κ3) is 8.10. The zero-order valence-corrected chi connectivity index (χ0v) is 25.6. The molecule has 8 nitrogen and oxygen atoms in total. The van der Waals surface area contributed by atoms with Crippen molar-refractivity contribution in [3.8, 4) is 5.75 Å². The Morgan fingerprint density at radius 1 is 0.927 bits per heavy atom. The Labute approximate surface area is 244 Å². The monoisotopic (exact) mass is 579 g/mol. The van der Waals surface area contributed by atoms with Crippen molar-refractivity contribution in [2.75, 3.05) is 24.5 Å². The molecule has 3 rings (SSSR count). The lowest BCUT2D eigenvalue weighted by atomic mass is 10.1. The number of para-hydroxylation sites is 1. The summed E-state index contributed by atoms with van der Waals surface area (Å²) in [5.74, 6) is 0.153. The van der Waals surface area contributed by atoms with E-state index in [1.807, 2.05) is 45.9 Å². The number of rotatable bonds is 13. The SMILES string of the molecule is CC[C@@H](C(=O)NCC(C)C)N(Cc1ccc(OC)cc1)C(=O)CN(c1ccccc1C)S(=O)(=O)c1ccc(C)cc1. The van der Waals surface area contributed by atoms with Crippen molar-refractivity contribution in [2.24, 2.45) is 5.92 Å². The molecule has 0 aliphatic rings. The molecule has 0 fully saturated rings. The van der Waals surface area contributed by atoms with Crippen molar-refractivity contribution in [1.29, 1.82) is 0 Å². The second-order valence-corrected chi connectivity index (χ2v) is 12.4. The molecular weight excluding hydrogens is 538 g/mol. The van der Waals surface area contributed by atoms with Crippen molar-refractivity contribution < 1.29 is 22.7 Å². The Bertz CT molecular complexity index is 1420. The van der Waals surface area contributed by atoms with Crippen molar-refractivity contribution in [3.63, 3.8) is 0 Å².